The van der Waals surface area contributed by atoms with E-state index in [1.165, 1.54) is 5.56 Å². The molecule has 3 rings (SSSR count). The molecule has 2 heterocycles. The molecule has 7 heteroatoms. The van der Waals surface area contributed by atoms with Gasteiger partial charge in [-0.15, -0.1) is 0 Å². The van der Waals surface area contributed by atoms with E-state index in [9.17, 15) is 9.59 Å². The van der Waals surface area contributed by atoms with Crippen LogP contribution in [-0.2, 0) is 17.9 Å². The largest absolute Gasteiger partial charge is 0.478 e. The highest BCUT2D eigenvalue weighted by atomic mass is 16.5. The number of carbonyl (C=O) groups excluding carboxylic acids is 2. The molecule has 28 heavy (non-hydrogen) atoms. The zero-order valence-corrected chi connectivity index (χ0v) is 16.2. The summed E-state index contributed by atoms with van der Waals surface area (Å²) in [6.07, 6.45) is 0.853. The van der Waals surface area contributed by atoms with E-state index in [2.05, 4.69) is 20.9 Å². The van der Waals surface area contributed by atoms with Gasteiger partial charge < -0.3 is 20.7 Å². The van der Waals surface area contributed by atoms with Gasteiger partial charge in [0.15, 0.2) is 5.78 Å². The molecule has 3 N–H and O–H groups in total. The first kappa shape index (κ1) is 19.8. The molecule has 0 radical (unpaired) electrons. The summed E-state index contributed by atoms with van der Waals surface area (Å²) >= 11 is 0. The summed E-state index contributed by atoms with van der Waals surface area (Å²) in [6, 6.07) is 11.5. The van der Waals surface area contributed by atoms with Gasteiger partial charge in [-0.2, -0.15) is 0 Å². The molecule has 7 nitrogen and oxygen atoms in total. The maximum absolute atomic E-state index is 12.8. The fourth-order valence-corrected chi connectivity index (χ4v) is 3.03. The van der Waals surface area contributed by atoms with Crippen molar-refractivity contribution in [3.63, 3.8) is 0 Å². The number of rotatable bonds is 8. The van der Waals surface area contributed by atoms with Crippen molar-refractivity contribution < 1.29 is 14.3 Å². The van der Waals surface area contributed by atoms with Crippen LogP contribution in [0.5, 0.6) is 5.88 Å². The third kappa shape index (κ3) is 4.67. The first-order chi connectivity index (χ1) is 13.6. The number of ether oxygens (including phenoxy) is 1. The number of Topliss-reactive ketones (excluding diaryl/α,β-unsaturated/α-hetero) is 1. The summed E-state index contributed by atoms with van der Waals surface area (Å²) in [5.41, 5.74) is 3.06. The molecule has 1 aromatic heterocycles. The summed E-state index contributed by atoms with van der Waals surface area (Å²) < 4.78 is 5.50. The predicted octanol–water partition coefficient (Wildman–Crippen LogP) is 2.13. The number of fused-ring (bicyclic) bond motifs is 1. The molecule has 1 atom stereocenters. The zero-order valence-electron chi connectivity index (χ0n) is 16.2. The van der Waals surface area contributed by atoms with Crippen LogP contribution in [0, 0.1) is 5.92 Å². The summed E-state index contributed by atoms with van der Waals surface area (Å²) in [4.78, 5) is 29.7. The Labute approximate surface area is 164 Å². The molecular formula is C21H26N4O3. The molecule has 1 aliphatic heterocycles. The number of aromatic nitrogens is 1. The normalized spacial score (nSPS) is 15.5. The quantitative estimate of drug-likeness (QED) is 0.606. The van der Waals surface area contributed by atoms with Crippen LogP contribution in [0.25, 0.3) is 0 Å². The van der Waals surface area contributed by atoms with Gasteiger partial charge in [-0.05, 0) is 30.7 Å². The van der Waals surface area contributed by atoms with Crippen LogP contribution in [0.3, 0.4) is 0 Å². The minimum Gasteiger partial charge on any atom is -0.478 e. The number of ketones is 1. The summed E-state index contributed by atoms with van der Waals surface area (Å²) in [7, 11) is 1.90. The van der Waals surface area contributed by atoms with E-state index in [0.29, 0.717) is 24.7 Å². The first-order valence-electron chi connectivity index (χ1n) is 9.54. The number of hydrogen-bond acceptors (Lipinski definition) is 6. The van der Waals surface area contributed by atoms with Gasteiger partial charge in [-0.1, -0.05) is 31.2 Å². The monoisotopic (exact) mass is 382 g/mol. The second kappa shape index (κ2) is 9.32. The van der Waals surface area contributed by atoms with Crippen molar-refractivity contribution in [1.82, 2.24) is 15.6 Å². The van der Waals surface area contributed by atoms with Crippen molar-refractivity contribution in [1.29, 1.82) is 0 Å². The van der Waals surface area contributed by atoms with Crippen LogP contribution < -0.4 is 20.7 Å². The van der Waals surface area contributed by atoms with E-state index in [1.54, 1.807) is 12.1 Å². The molecule has 1 unspecified atom stereocenters. The second-order valence-electron chi connectivity index (χ2n) is 6.76. The van der Waals surface area contributed by atoms with Gasteiger partial charge in [0.05, 0.1) is 12.3 Å². The molecule has 0 fully saturated rings. The lowest BCUT2D eigenvalue weighted by atomic mass is 9.95. The van der Waals surface area contributed by atoms with Crippen LogP contribution in [0.2, 0.25) is 0 Å². The summed E-state index contributed by atoms with van der Waals surface area (Å²) in [6.45, 7) is 3.97. The number of hydrogen-bond donors (Lipinski definition) is 3. The SMILES string of the molecule is CCCOc1ccc2c(n1)C(=O)C(C(=O)NCc1ccc(CNC)cc1)CN2. The van der Waals surface area contributed by atoms with Gasteiger partial charge in [0, 0.05) is 25.7 Å². The number of amides is 1. The number of carbonyl (C=O) groups is 2. The molecule has 148 valence electrons. The number of pyridine rings is 1. The lowest BCUT2D eigenvalue weighted by Crippen LogP contribution is -2.42. The van der Waals surface area contributed by atoms with Gasteiger partial charge in [0.2, 0.25) is 11.8 Å². The van der Waals surface area contributed by atoms with Crippen LogP contribution in [-0.4, -0.2) is 36.9 Å². The smallest absolute Gasteiger partial charge is 0.233 e. The number of anilines is 1. The topological polar surface area (TPSA) is 92.3 Å². The minimum absolute atomic E-state index is 0.260. The Morgan fingerprint density at radius 2 is 1.89 bits per heavy atom. The molecule has 0 spiro atoms. The predicted molar refractivity (Wildman–Crippen MR) is 107 cm³/mol. The number of benzene rings is 1. The Bertz CT molecular complexity index is 836. The highest BCUT2D eigenvalue weighted by molar-refractivity contribution is 6.13. The lowest BCUT2D eigenvalue weighted by molar-refractivity contribution is -0.123. The van der Waals surface area contributed by atoms with E-state index in [0.717, 1.165) is 18.5 Å². The molecule has 0 saturated heterocycles. The highest BCUT2D eigenvalue weighted by Crippen LogP contribution is 2.26. The molecule has 0 saturated carbocycles. The van der Waals surface area contributed by atoms with Crippen LogP contribution >= 0.6 is 0 Å². The fourth-order valence-electron chi connectivity index (χ4n) is 3.03. The Kier molecular flexibility index (Phi) is 6.60. The van der Waals surface area contributed by atoms with E-state index in [4.69, 9.17) is 4.74 Å². The molecule has 2 aromatic rings. The zero-order chi connectivity index (χ0) is 19.9. The lowest BCUT2D eigenvalue weighted by Gasteiger charge is -2.24. The minimum atomic E-state index is -0.801. The summed E-state index contributed by atoms with van der Waals surface area (Å²) in [5, 5.41) is 9.07. The van der Waals surface area contributed by atoms with Crippen molar-refractivity contribution in [2.24, 2.45) is 5.92 Å². The Morgan fingerprint density at radius 1 is 1.18 bits per heavy atom. The molecule has 0 bridgehead atoms. The van der Waals surface area contributed by atoms with Crippen LogP contribution in [0.4, 0.5) is 5.69 Å². The van der Waals surface area contributed by atoms with Gasteiger partial charge >= 0.3 is 0 Å². The number of nitrogens with zero attached hydrogens (tertiary/aromatic N) is 1. The first-order valence-corrected chi connectivity index (χ1v) is 9.54. The number of nitrogens with one attached hydrogen (secondary N) is 3. The summed E-state index contributed by atoms with van der Waals surface area (Å²) in [5.74, 6) is -0.981. The second-order valence-corrected chi connectivity index (χ2v) is 6.76. The van der Waals surface area contributed by atoms with E-state index < -0.39 is 5.92 Å². The molecule has 1 amide bonds. The van der Waals surface area contributed by atoms with Crippen molar-refractivity contribution in [3.8, 4) is 5.88 Å². The standard InChI is InChI=1S/C21H26N4O3/c1-3-10-28-18-9-8-17-19(25-18)20(26)16(13-23-17)21(27)24-12-15-6-4-14(5-7-15)11-22-2/h4-9,16,22-23H,3,10-13H2,1-2H3,(H,24,27). The van der Waals surface area contributed by atoms with Crippen LogP contribution in [0.15, 0.2) is 36.4 Å². The third-order valence-corrected chi connectivity index (χ3v) is 4.56. The fraction of sp³-hybridized carbons (Fsp3) is 0.381. The van der Waals surface area contributed by atoms with Crippen molar-refractivity contribution in [2.45, 2.75) is 26.4 Å². The maximum atomic E-state index is 12.8. The van der Waals surface area contributed by atoms with Gasteiger partial charge in [-0.25, -0.2) is 4.98 Å². The molecular weight excluding hydrogens is 356 g/mol. The van der Waals surface area contributed by atoms with E-state index >= 15 is 0 Å². The van der Waals surface area contributed by atoms with E-state index in [-0.39, 0.29) is 23.9 Å². The Hall–Kier alpha value is -2.93. The van der Waals surface area contributed by atoms with Crippen molar-refractivity contribution in [2.75, 3.05) is 25.5 Å². The van der Waals surface area contributed by atoms with Crippen molar-refractivity contribution in [3.05, 3.63) is 53.2 Å². The Morgan fingerprint density at radius 3 is 2.57 bits per heavy atom. The van der Waals surface area contributed by atoms with Gasteiger partial charge in [0.1, 0.15) is 11.6 Å². The maximum Gasteiger partial charge on any atom is 0.233 e. The Balaban J connectivity index is 1.62. The highest BCUT2D eigenvalue weighted by Gasteiger charge is 2.34. The van der Waals surface area contributed by atoms with E-state index in [1.807, 2.05) is 38.2 Å². The van der Waals surface area contributed by atoms with Gasteiger partial charge in [-0.3, -0.25) is 9.59 Å². The average Bonchev–Trinajstić information content (AvgIpc) is 2.72. The third-order valence-electron chi connectivity index (χ3n) is 4.56. The molecule has 0 aliphatic carbocycles. The van der Waals surface area contributed by atoms with Crippen molar-refractivity contribution >= 4 is 17.4 Å². The molecule has 1 aromatic carbocycles. The molecule has 1 aliphatic rings. The van der Waals surface area contributed by atoms with Crippen LogP contribution in [0.1, 0.15) is 35.0 Å². The van der Waals surface area contributed by atoms with Gasteiger partial charge in [0.25, 0.3) is 0 Å². The average molecular weight is 382 g/mol.